The molecule has 3 atom stereocenters. The summed E-state index contributed by atoms with van der Waals surface area (Å²) in [5.74, 6) is -0.241. The Kier molecular flexibility index (Phi) is 5.99. The second-order valence-corrected chi connectivity index (χ2v) is 9.09. The Morgan fingerprint density at radius 3 is 2.97 bits per heavy atom. The quantitative estimate of drug-likeness (QED) is 0.580. The molecule has 3 aromatic heterocycles. The number of carbonyl (C=O) groups is 1. The molecule has 30 heavy (non-hydrogen) atoms. The number of aryl methyl sites for hydroxylation is 1. The number of carbonyl (C=O) groups excluding carboxylic acids is 1. The average Bonchev–Trinajstić information content (AvgIpc) is 3.14. The second-order valence-electron chi connectivity index (χ2n) is 7.93. The van der Waals surface area contributed by atoms with Gasteiger partial charge in [-0.1, -0.05) is 20.3 Å². The van der Waals surface area contributed by atoms with Gasteiger partial charge < -0.3 is 21.1 Å². The number of hydrogen-bond donors (Lipinski definition) is 3. The number of piperidine rings is 1. The van der Waals surface area contributed by atoms with Crippen LogP contribution in [0.3, 0.4) is 0 Å². The summed E-state index contributed by atoms with van der Waals surface area (Å²) >= 11 is 1.72. The van der Waals surface area contributed by atoms with E-state index in [-0.39, 0.29) is 17.9 Å². The van der Waals surface area contributed by atoms with Crippen molar-refractivity contribution in [3.05, 3.63) is 47.2 Å². The molecule has 7 nitrogen and oxygen atoms in total. The van der Waals surface area contributed by atoms with Gasteiger partial charge in [0.25, 0.3) is 5.91 Å². The van der Waals surface area contributed by atoms with Crippen molar-refractivity contribution >= 4 is 38.8 Å². The normalized spacial score (nSPS) is 21.7. The molecule has 4 rings (SSSR count). The van der Waals surface area contributed by atoms with Crippen molar-refractivity contribution in [1.82, 2.24) is 9.97 Å². The van der Waals surface area contributed by atoms with Gasteiger partial charge in [0.15, 0.2) is 0 Å². The first kappa shape index (κ1) is 20.7. The van der Waals surface area contributed by atoms with Crippen LogP contribution in [0.15, 0.2) is 36.7 Å². The van der Waals surface area contributed by atoms with E-state index in [0.29, 0.717) is 24.5 Å². The van der Waals surface area contributed by atoms with Crippen LogP contribution in [0.4, 0.5) is 11.4 Å². The molecule has 0 aromatic carbocycles. The molecule has 158 valence electrons. The largest absolute Gasteiger partial charge is 0.391 e. The molecule has 1 aliphatic heterocycles. The minimum absolute atomic E-state index is 0.0328. The first-order valence-electron chi connectivity index (χ1n) is 10.3. The zero-order chi connectivity index (χ0) is 21.3. The molecule has 1 saturated heterocycles. The molecule has 1 fully saturated rings. The van der Waals surface area contributed by atoms with Gasteiger partial charge >= 0.3 is 0 Å². The van der Waals surface area contributed by atoms with Crippen molar-refractivity contribution in [2.75, 3.05) is 23.3 Å². The summed E-state index contributed by atoms with van der Waals surface area (Å²) in [5.41, 5.74) is 8.79. The number of fused-ring (bicyclic) bond motifs is 1. The van der Waals surface area contributed by atoms with Crippen molar-refractivity contribution in [3.8, 4) is 0 Å². The van der Waals surface area contributed by atoms with Gasteiger partial charge in [-0.05, 0) is 30.7 Å². The van der Waals surface area contributed by atoms with Gasteiger partial charge in [0, 0.05) is 36.1 Å². The molecule has 4 heterocycles. The van der Waals surface area contributed by atoms with Crippen LogP contribution >= 0.6 is 11.3 Å². The van der Waals surface area contributed by atoms with Crippen LogP contribution in [-0.2, 0) is 6.42 Å². The highest BCUT2D eigenvalue weighted by atomic mass is 32.1. The highest BCUT2D eigenvalue weighted by molar-refractivity contribution is 7.19. The van der Waals surface area contributed by atoms with Gasteiger partial charge in [-0.2, -0.15) is 0 Å². The minimum atomic E-state index is -0.528. The lowest BCUT2D eigenvalue weighted by Gasteiger charge is -2.40. The van der Waals surface area contributed by atoms with E-state index in [4.69, 9.17) is 5.73 Å². The van der Waals surface area contributed by atoms with Gasteiger partial charge in [-0.25, -0.2) is 4.98 Å². The van der Waals surface area contributed by atoms with Gasteiger partial charge in [0.05, 0.1) is 33.9 Å². The van der Waals surface area contributed by atoms with E-state index in [0.717, 1.165) is 28.7 Å². The summed E-state index contributed by atoms with van der Waals surface area (Å²) in [6, 6.07) is 7.30. The second kappa shape index (κ2) is 8.67. The maximum atomic E-state index is 12.9. The van der Waals surface area contributed by atoms with Crippen LogP contribution in [0, 0.1) is 5.92 Å². The Morgan fingerprint density at radius 2 is 2.20 bits per heavy atom. The van der Waals surface area contributed by atoms with E-state index in [1.807, 2.05) is 19.1 Å². The van der Waals surface area contributed by atoms with E-state index < -0.39 is 6.10 Å². The van der Waals surface area contributed by atoms with Crippen LogP contribution in [0.2, 0.25) is 0 Å². The molecule has 0 aliphatic carbocycles. The van der Waals surface area contributed by atoms with Gasteiger partial charge in [-0.3, -0.25) is 9.78 Å². The number of thiophene rings is 1. The maximum Gasteiger partial charge on any atom is 0.274 e. The molecular formula is C22H27N5O2S. The predicted molar refractivity (Wildman–Crippen MR) is 121 cm³/mol. The summed E-state index contributed by atoms with van der Waals surface area (Å²) in [4.78, 5) is 25.0. The third kappa shape index (κ3) is 4.16. The molecule has 1 amide bonds. The molecule has 1 aliphatic rings. The highest BCUT2D eigenvalue weighted by Crippen LogP contribution is 2.30. The summed E-state index contributed by atoms with van der Waals surface area (Å²) in [7, 11) is 0. The fraction of sp³-hybridized carbons (Fsp3) is 0.409. The topological polar surface area (TPSA) is 104 Å². The lowest BCUT2D eigenvalue weighted by atomic mass is 9.92. The molecule has 0 spiro atoms. The van der Waals surface area contributed by atoms with E-state index >= 15 is 0 Å². The Bertz CT molecular complexity index is 1040. The number of aliphatic hydroxyl groups excluding tert-OH is 1. The van der Waals surface area contributed by atoms with E-state index in [2.05, 4.69) is 33.2 Å². The van der Waals surface area contributed by atoms with E-state index in [1.165, 1.54) is 4.88 Å². The van der Waals surface area contributed by atoms with Crippen LogP contribution in [-0.4, -0.2) is 46.2 Å². The summed E-state index contributed by atoms with van der Waals surface area (Å²) in [6.45, 7) is 5.29. The Hall–Kier alpha value is -2.55. The lowest BCUT2D eigenvalue weighted by Crippen LogP contribution is -2.55. The number of rotatable bonds is 5. The third-order valence-electron chi connectivity index (χ3n) is 5.50. The third-order valence-corrected chi connectivity index (χ3v) is 6.65. The van der Waals surface area contributed by atoms with Gasteiger partial charge in [0.2, 0.25) is 0 Å². The van der Waals surface area contributed by atoms with Gasteiger partial charge in [-0.15, -0.1) is 11.3 Å². The zero-order valence-electron chi connectivity index (χ0n) is 17.2. The fourth-order valence-corrected chi connectivity index (χ4v) is 5.03. The standard InChI is InChI=1S/C22H27N5O2S/c1-3-4-14-9-17-20(30-14)6-5-16(25-17)22(29)26-18-10-24-8-7-19(18)27-11-13(2)21(28)15(23)12-27/h5-10,13,15,21,28H,3-4,11-12,23H2,1-2H3,(H,26,29). The number of anilines is 2. The smallest absolute Gasteiger partial charge is 0.274 e. The summed E-state index contributed by atoms with van der Waals surface area (Å²) in [5, 5.41) is 13.1. The first-order valence-corrected chi connectivity index (χ1v) is 11.1. The van der Waals surface area contributed by atoms with Crippen molar-refractivity contribution < 1.29 is 9.90 Å². The minimum Gasteiger partial charge on any atom is -0.391 e. The molecular weight excluding hydrogens is 398 g/mol. The molecule has 0 bridgehead atoms. The number of nitrogens with zero attached hydrogens (tertiary/aromatic N) is 3. The number of nitrogens with one attached hydrogen (secondary N) is 1. The molecule has 8 heteroatoms. The van der Waals surface area contributed by atoms with Crippen LogP contribution in [0.1, 0.15) is 35.6 Å². The Morgan fingerprint density at radius 1 is 1.37 bits per heavy atom. The fourth-order valence-electron chi connectivity index (χ4n) is 3.93. The molecule has 0 saturated carbocycles. The van der Waals surface area contributed by atoms with Crippen LogP contribution in [0.5, 0.6) is 0 Å². The van der Waals surface area contributed by atoms with Crippen LogP contribution < -0.4 is 16.0 Å². The van der Waals surface area contributed by atoms with Gasteiger partial charge in [0.1, 0.15) is 5.69 Å². The molecule has 3 aromatic rings. The maximum absolute atomic E-state index is 12.9. The number of nitrogens with two attached hydrogens (primary N) is 1. The average molecular weight is 426 g/mol. The predicted octanol–water partition coefficient (Wildman–Crippen LogP) is 3.04. The Labute approximate surface area is 179 Å². The zero-order valence-corrected chi connectivity index (χ0v) is 18.0. The molecule has 4 N–H and O–H groups in total. The van der Waals surface area contributed by atoms with Crippen molar-refractivity contribution in [2.24, 2.45) is 11.7 Å². The first-order chi connectivity index (χ1) is 14.5. The summed E-state index contributed by atoms with van der Waals surface area (Å²) in [6.07, 6.45) is 4.90. The number of hydrogen-bond acceptors (Lipinski definition) is 7. The summed E-state index contributed by atoms with van der Waals surface area (Å²) < 4.78 is 1.09. The number of aliphatic hydroxyl groups is 1. The number of amides is 1. The Balaban J connectivity index is 1.56. The SMILES string of the molecule is CCCc1cc2nc(C(=O)Nc3cnccc3N3CC(C)C(O)C(N)C3)ccc2s1. The van der Waals surface area contributed by atoms with E-state index in [1.54, 1.807) is 29.8 Å². The van der Waals surface area contributed by atoms with Crippen molar-refractivity contribution in [2.45, 2.75) is 38.8 Å². The highest BCUT2D eigenvalue weighted by Gasteiger charge is 2.32. The molecule has 3 unspecified atom stereocenters. The lowest BCUT2D eigenvalue weighted by molar-refractivity contribution is 0.0785. The monoisotopic (exact) mass is 425 g/mol. The number of aromatic nitrogens is 2. The number of pyridine rings is 2. The van der Waals surface area contributed by atoms with E-state index in [9.17, 15) is 9.90 Å². The molecule has 0 radical (unpaired) electrons. The van der Waals surface area contributed by atoms with Crippen LogP contribution in [0.25, 0.3) is 10.2 Å². The van der Waals surface area contributed by atoms with Crippen molar-refractivity contribution in [3.63, 3.8) is 0 Å². The van der Waals surface area contributed by atoms with Crippen molar-refractivity contribution in [1.29, 1.82) is 0 Å².